The van der Waals surface area contributed by atoms with Crippen LogP contribution in [0, 0.1) is 36.9 Å². The molecule has 0 aromatic heterocycles. The van der Waals surface area contributed by atoms with E-state index in [4.69, 9.17) is 0 Å². The summed E-state index contributed by atoms with van der Waals surface area (Å²) in [6.45, 7) is 0. The van der Waals surface area contributed by atoms with Crippen LogP contribution in [0.25, 0.3) is 0 Å². The van der Waals surface area contributed by atoms with E-state index in [1.807, 2.05) is 0 Å². The maximum absolute atomic E-state index is 0. The van der Waals surface area contributed by atoms with E-state index in [1.54, 1.807) is 0 Å². The molecule has 0 amide bonds. The first kappa shape index (κ1) is 48.4. The van der Waals surface area contributed by atoms with E-state index in [2.05, 4.69) is 0 Å². The molecule has 0 saturated heterocycles. The zero-order chi connectivity index (χ0) is 0. The van der Waals surface area contributed by atoms with Gasteiger partial charge in [0.15, 0.2) is 0 Å². The summed E-state index contributed by atoms with van der Waals surface area (Å²) in [7, 11) is 0. The van der Waals surface area contributed by atoms with E-state index < -0.39 is 0 Å². The van der Waals surface area contributed by atoms with Gasteiger partial charge in [-0.25, -0.2) is 0 Å². The van der Waals surface area contributed by atoms with Crippen LogP contribution in [-0.4, -0.2) is 5.48 Å². The molecule has 0 atom stereocenters. The molecular weight excluding hydrogens is 425 g/mol. The Bertz CT molecular complexity index is 6.85. The average molecular weight is 427 g/mol. The van der Waals surface area contributed by atoms with E-state index in [9.17, 15) is 0 Å². The van der Waals surface area contributed by atoms with Crippen molar-refractivity contribution in [2.45, 2.75) is 0 Å². The Kier molecular flexibility index (Phi) is 294. The van der Waals surface area contributed by atoms with Gasteiger partial charge >= 0.3 is 36.9 Å². The molecule has 1 nitrogen and oxygen atoms in total. The second-order valence-corrected chi connectivity index (χ2v) is 0. The first-order valence-corrected chi connectivity index (χ1v) is 0. The van der Waals surface area contributed by atoms with Crippen molar-refractivity contribution in [3.8, 4) is 0 Å². The van der Waals surface area contributed by atoms with Crippen molar-refractivity contribution < 1.29 is 93.3 Å². The molecule has 0 rings (SSSR count). The predicted molar refractivity (Wildman–Crippen MR) is 3.61 cm³/mol. The maximum Gasteiger partial charge on any atom is 3.00 e. The van der Waals surface area contributed by atoms with Gasteiger partial charge in [-0.05, 0) is 0 Å². The summed E-state index contributed by atoms with van der Waals surface area (Å²) in [5, 5.41) is 0. The Morgan fingerprint density at radius 2 is 0.600 bits per heavy atom. The molecule has 5 heteroatoms. The van der Waals surface area contributed by atoms with Crippen LogP contribution in [0.1, 0.15) is 0 Å². The average Bonchev–Trinajstić information content (AvgIpc) is 0. The molecule has 2 N–H and O–H groups in total. The van der Waals surface area contributed by atoms with E-state index in [-0.39, 0.29) is 93.3 Å². The molecule has 42 valence electrons. The smallest absolute Gasteiger partial charge is 1.00 e. The van der Waals surface area contributed by atoms with Crippen LogP contribution >= 0.6 is 0 Å². The summed E-state index contributed by atoms with van der Waals surface area (Å²) >= 11 is 0. The number of hydrogen-bond acceptors (Lipinski definition) is 0. The summed E-state index contributed by atoms with van der Waals surface area (Å²) < 4.78 is 0. The third-order valence-electron chi connectivity index (χ3n) is 0. The first-order chi connectivity index (χ1) is 0. The minimum Gasteiger partial charge on any atom is -1.00 e. The topological polar surface area (TPSA) is 31.5 Å². The third-order valence-corrected chi connectivity index (χ3v) is 0. The van der Waals surface area contributed by atoms with Crippen molar-refractivity contribution in [3.63, 3.8) is 0 Å². The Labute approximate surface area is 91.7 Å². The fourth-order valence-electron chi connectivity index (χ4n) is 0. The molecule has 0 aliphatic heterocycles. The molecule has 0 aromatic rings. The Morgan fingerprint density at radius 3 is 0.600 bits per heavy atom. The normalized spacial score (nSPS) is 0. The Morgan fingerprint density at radius 1 is 0.600 bits per heavy atom. The molecule has 0 saturated carbocycles. The second-order valence-electron chi connectivity index (χ2n) is 0. The minimum absolute atomic E-state index is 0. The summed E-state index contributed by atoms with van der Waals surface area (Å²) in [6, 6.07) is 0. The van der Waals surface area contributed by atoms with Gasteiger partial charge in [-0.2, -0.15) is 0 Å². The van der Waals surface area contributed by atoms with Crippen LogP contribution in [0.2, 0.25) is 0 Å². The van der Waals surface area contributed by atoms with Gasteiger partial charge in [0.25, 0.3) is 0 Å². The van der Waals surface area contributed by atoms with Gasteiger partial charge in [0, 0.05) is 0 Å². The molecule has 0 aliphatic carbocycles. The van der Waals surface area contributed by atoms with Crippen molar-refractivity contribution in [2.24, 2.45) is 0 Å². The molecule has 0 aromatic carbocycles. The van der Waals surface area contributed by atoms with E-state index in [0.29, 0.717) is 0 Å². The van der Waals surface area contributed by atoms with Gasteiger partial charge in [0.1, 0.15) is 0 Å². The zero-order valence-electron chi connectivity index (χ0n) is 1.91. The van der Waals surface area contributed by atoms with Crippen molar-refractivity contribution in [2.75, 3.05) is 0 Å². The fourth-order valence-corrected chi connectivity index (χ4v) is 0. The van der Waals surface area contributed by atoms with Crippen LogP contribution < -0.4 is 50.9 Å². The van der Waals surface area contributed by atoms with Crippen LogP contribution in [0.5, 0.6) is 0 Å². The van der Waals surface area contributed by atoms with Crippen molar-refractivity contribution in [1.82, 2.24) is 0 Å². The zero-order valence-corrected chi connectivity index (χ0v) is 8.45. The van der Waals surface area contributed by atoms with Crippen LogP contribution in [0.3, 0.4) is 0 Å². The summed E-state index contributed by atoms with van der Waals surface area (Å²) in [6.07, 6.45) is 0. The SMILES string of the molecule is O.[Br-].[Br-].[Br-].[Tm+3]. The van der Waals surface area contributed by atoms with E-state index in [0.717, 1.165) is 0 Å². The number of hydrogen-bond donors (Lipinski definition) is 0. The van der Waals surface area contributed by atoms with Gasteiger partial charge in [-0.3, -0.25) is 0 Å². The van der Waals surface area contributed by atoms with Crippen LogP contribution in [-0.2, 0) is 0 Å². The summed E-state index contributed by atoms with van der Waals surface area (Å²) in [5.74, 6) is 0. The van der Waals surface area contributed by atoms with Crippen molar-refractivity contribution in [1.29, 1.82) is 0 Å². The largest absolute Gasteiger partial charge is 3.00 e. The minimum atomic E-state index is 0. The van der Waals surface area contributed by atoms with Crippen molar-refractivity contribution in [3.05, 3.63) is 0 Å². The van der Waals surface area contributed by atoms with Gasteiger partial charge in [-0.1, -0.05) is 0 Å². The van der Waals surface area contributed by atoms with Gasteiger partial charge in [0.05, 0.1) is 0 Å². The summed E-state index contributed by atoms with van der Waals surface area (Å²) in [5.41, 5.74) is 0. The van der Waals surface area contributed by atoms with Crippen molar-refractivity contribution >= 4 is 0 Å². The van der Waals surface area contributed by atoms with Gasteiger partial charge < -0.3 is 56.4 Å². The van der Waals surface area contributed by atoms with Crippen LogP contribution in [0.15, 0.2) is 0 Å². The molecule has 0 spiro atoms. The second kappa shape index (κ2) is 30.4. The molecular formula is H2Br3OTm. The molecule has 0 fully saturated rings. The van der Waals surface area contributed by atoms with E-state index in [1.165, 1.54) is 0 Å². The molecule has 0 heterocycles. The van der Waals surface area contributed by atoms with Gasteiger partial charge in [-0.15, -0.1) is 0 Å². The standard InChI is InChI=1S/3BrH.H2O.Tm/h3*1H;1H2;/q;;;;+3/p-3. The maximum atomic E-state index is 0. The predicted octanol–water partition coefficient (Wildman–Crippen LogP) is -9.81. The fraction of sp³-hybridized carbons (Fsp3) is 0. The van der Waals surface area contributed by atoms with Crippen LogP contribution in [0.4, 0.5) is 0 Å². The van der Waals surface area contributed by atoms with E-state index >= 15 is 0 Å². The molecule has 0 bridgehead atoms. The Balaban J connectivity index is 0. The molecule has 0 radical (unpaired) electrons. The van der Waals surface area contributed by atoms with Gasteiger partial charge in [0.2, 0.25) is 0 Å². The number of halogens is 3. The molecule has 5 heavy (non-hydrogen) atoms. The first-order valence-electron chi connectivity index (χ1n) is 0. The molecule has 0 aliphatic rings. The summed E-state index contributed by atoms with van der Waals surface area (Å²) in [4.78, 5) is 0. The quantitative estimate of drug-likeness (QED) is 0.369. The Hall–Kier alpha value is 2.63. The molecule has 0 unspecified atom stereocenters. The third kappa shape index (κ3) is 20.5. The number of rotatable bonds is 0. The monoisotopic (exact) mass is 424 g/mol.